The molecular formula is C17H19NO2. The first-order valence-corrected chi connectivity index (χ1v) is 6.62. The van der Waals surface area contributed by atoms with Crippen molar-refractivity contribution < 1.29 is 9.53 Å². The lowest BCUT2D eigenvalue weighted by Gasteiger charge is -2.11. The summed E-state index contributed by atoms with van der Waals surface area (Å²) >= 11 is 0. The van der Waals surface area contributed by atoms with Crippen LogP contribution in [0.15, 0.2) is 42.5 Å². The fraction of sp³-hybridized carbons (Fsp3) is 0.235. The molecule has 3 nitrogen and oxygen atoms in total. The van der Waals surface area contributed by atoms with Gasteiger partial charge in [0.2, 0.25) is 0 Å². The zero-order valence-electron chi connectivity index (χ0n) is 12.1. The molecule has 0 aliphatic rings. The van der Waals surface area contributed by atoms with E-state index in [1.165, 1.54) is 0 Å². The molecule has 0 spiro atoms. The molecule has 0 bridgehead atoms. The molecule has 20 heavy (non-hydrogen) atoms. The van der Waals surface area contributed by atoms with Crippen molar-refractivity contribution in [2.75, 3.05) is 11.9 Å². The molecule has 0 saturated heterocycles. The summed E-state index contributed by atoms with van der Waals surface area (Å²) in [5.41, 5.74) is 4.23. The van der Waals surface area contributed by atoms with Crippen LogP contribution in [0.3, 0.4) is 0 Å². The van der Waals surface area contributed by atoms with Crippen LogP contribution < -0.4 is 10.1 Å². The molecule has 0 aromatic heterocycles. The summed E-state index contributed by atoms with van der Waals surface area (Å²) in [5.74, 6) is 0.547. The van der Waals surface area contributed by atoms with Crippen molar-refractivity contribution in [3.05, 3.63) is 59.2 Å². The van der Waals surface area contributed by atoms with E-state index in [9.17, 15) is 4.79 Å². The largest absolute Gasteiger partial charge is 0.484 e. The SMILES string of the molecule is Cc1ccc(OCC(=O)Nc2cccc(C)c2C)cc1. The van der Waals surface area contributed by atoms with Crippen LogP contribution in [0.2, 0.25) is 0 Å². The summed E-state index contributed by atoms with van der Waals surface area (Å²) in [5, 5.41) is 2.87. The lowest BCUT2D eigenvalue weighted by molar-refractivity contribution is -0.118. The standard InChI is InChI=1S/C17H19NO2/c1-12-7-9-15(10-8-12)20-11-17(19)18-16-6-4-5-13(2)14(16)3/h4-10H,11H2,1-3H3,(H,18,19). The number of anilines is 1. The molecule has 0 aliphatic carbocycles. The van der Waals surface area contributed by atoms with Gasteiger partial charge in [-0.25, -0.2) is 0 Å². The summed E-state index contributed by atoms with van der Waals surface area (Å²) in [6, 6.07) is 13.5. The van der Waals surface area contributed by atoms with Crippen LogP contribution in [0.5, 0.6) is 5.75 Å². The maximum absolute atomic E-state index is 11.9. The van der Waals surface area contributed by atoms with Gasteiger partial charge in [0, 0.05) is 5.69 Å². The quantitative estimate of drug-likeness (QED) is 0.920. The number of ether oxygens (including phenoxy) is 1. The van der Waals surface area contributed by atoms with Crippen LogP contribution in [0.25, 0.3) is 0 Å². The number of benzene rings is 2. The molecule has 0 heterocycles. The molecule has 2 rings (SSSR count). The predicted molar refractivity (Wildman–Crippen MR) is 81.2 cm³/mol. The Balaban J connectivity index is 1.92. The summed E-state index contributed by atoms with van der Waals surface area (Å²) in [6.07, 6.45) is 0. The topological polar surface area (TPSA) is 38.3 Å². The minimum Gasteiger partial charge on any atom is -0.484 e. The van der Waals surface area contributed by atoms with E-state index < -0.39 is 0 Å². The molecule has 0 unspecified atom stereocenters. The third-order valence-electron chi connectivity index (χ3n) is 3.27. The van der Waals surface area contributed by atoms with Crippen molar-refractivity contribution in [3.8, 4) is 5.75 Å². The van der Waals surface area contributed by atoms with Gasteiger partial charge >= 0.3 is 0 Å². The lowest BCUT2D eigenvalue weighted by Crippen LogP contribution is -2.20. The number of hydrogen-bond acceptors (Lipinski definition) is 2. The Labute approximate surface area is 119 Å². The molecule has 0 saturated carbocycles. The van der Waals surface area contributed by atoms with Crippen LogP contribution >= 0.6 is 0 Å². The van der Waals surface area contributed by atoms with E-state index in [1.807, 2.05) is 63.2 Å². The van der Waals surface area contributed by atoms with Gasteiger partial charge in [0.05, 0.1) is 0 Å². The van der Waals surface area contributed by atoms with Crippen LogP contribution in [0.4, 0.5) is 5.69 Å². The number of aryl methyl sites for hydroxylation is 2. The molecule has 2 aromatic carbocycles. The molecular weight excluding hydrogens is 250 g/mol. The number of carbonyl (C=O) groups is 1. The Morgan fingerprint density at radius 2 is 1.75 bits per heavy atom. The zero-order valence-corrected chi connectivity index (χ0v) is 12.1. The minimum absolute atomic E-state index is 0.0104. The number of amides is 1. The number of nitrogens with one attached hydrogen (secondary N) is 1. The highest BCUT2D eigenvalue weighted by atomic mass is 16.5. The van der Waals surface area contributed by atoms with E-state index in [0.717, 1.165) is 22.4 Å². The fourth-order valence-corrected chi connectivity index (χ4v) is 1.86. The van der Waals surface area contributed by atoms with Crippen molar-refractivity contribution in [2.45, 2.75) is 20.8 Å². The fourth-order valence-electron chi connectivity index (χ4n) is 1.86. The Kier molecular flexibility index (Phi) is 4.41. The van der Waals surface area contributed by atoms with Crippen LogP contribution in [-0.2, 0) is 4.79 Å². The van der Waals surface area contributed by atoms with Gasteiger partial charge in [-0.15, -0.1) is 0 Å². The van der Waals surface area contributed by atoms with E-state index >= 15 is 0 Å². The van der Waals surface area contributed by atoms with Crippen molar-refractivity contribution in [1.29, 1.82) is 0 Å². The first kappa shape index (κ1) is 14.1. The van der Waals surface area contributed by atoms with Gasteiger partial charge in [-0.1, -0.05) is 29.8 Å². The van der Waals surface area contributed by atoms with Gasteiger partial charge < -0.3 is 10.1 Å². The highest BCUT2D eigenvalue weighted by molar-refractivity contribution is 5.92. The molecule has 2 aromatic rings. The predicted octanol–water partition coefficient (Wildman–Crippen LogP) is 3.63. The van der Waals surface area contributed by atoms with Crippen molar-refractivity contribution in [1.82, 2.24) is 0 Å². The van der Waals surface area contributed by atoms with E-state index in [1.54, 1.807) is 0 Å². The van der Waals surface area contributed by atoms with Gasteiger partial charge in [-0.05, 0) is 50.1 Å². The van der Waals surface area contributed by atoms with Gasteiger partial charge in [-0.2, -0.15) is 0 Å². The average Bonchev–Trinajstić information content (AvgIpc) is 2.43. The normalized spacial score (nSPS) is 10.2. The molecule has 0 fully saturated rings. The zero-order chi connectivity index (χ0) is 14.5. The second kappa shape index (κ2) is 6.24. The molecule has 1 N–H and O–H groups in total. The van der Waals surface area contributed by atoms with E-state index in [0.29, 0.717) is 5.75 Å². The third kappa shape index (κ3) is 3.60. The van der Waals surface area contributed by atoms with Gasteiger partial charge in [0.25, 0.3) is 5.91 Å². The average molecular weight is 269 g/mol. The van der Waals surface area contributed by atoms with Crippen molar-refractivity contribution in [2.24, 2.45) is 0 Å². The number of hydrogen-bond donors (Lipinski definition) is 1. The van der Waals surface area contributed by atoms with E-state index in [-0.39, 0.29) is 12.5 Å². The Bertz CT molecular complexity index is 603. The summed E-state index contributed by atoms with van der Waals surface area (Å²) < 4.78 is 5.45. The summed E-state index contributed by atoms with van der Waals surface area (Å²) in [6.45, 7) is 6.03. The van der Waals surface area contributed by atoms with Crippen LogP contribution in [-0.4, -0.2) is 12.5 Å². The van der Waals surface area contributed by atoms with Gasteiger partial charge in [0.1, 0.15) is 5.75 Å². The maximum atomic E-state index is 11.9. The van der Waals surface area contributed by atoms with Gasteiger partial charge in [-0.3, -0.25) is 4.79 Å². The number of carbonyl (C=O) groups excluding carboxylic acids is 1. The molecule has 3 heteroatoms. The second-order valence-corrected chi connectivity index (χ2v) is 4.90. The van der Waals surface area contributed by atoms with E-state index in [2.05, 4.69) is 5.32 Å². The molecule has 1 amide bonds. The summed E-state index contributed by atoms with van der Waals surface area (Å²) in [4.78, 5) is 11.9. The van der Waals surface area contributed by atoms with Gasteiger partial charge in [0.15, 0.2) is 6.61 Å². The van der Waals surface area contributed by atoms with Crippen molar-refractivity contribution >= 4 is 11.6 Å². The van der Waals surface area contributed by atoms with E-state index in [4.69, 9.17) is 4.74 Å². The monoisotopic (exact) mass is 269 g/mol. The Morgan fingerprint density at radius 3 is 2.45 bits per heavy atom. The van der Waals surface area contributed by atoms with Crippen LogP contribution in [0, 0.1) is 20.8 Å². The van der Waals surface area contributed by atoms with Crippen LogP contribution in [0.1, 0.15) is 16.7 Å². The Morgan fingerprint density at radius 1 is 1.05 bits per heavy atom. The molecule has 0 atom stereocenters. The number of rotatable bonds is 4. The molecule has 104 valence electrons. The third-order valence-corrected chi connectivity index (χ3v) is 3.27. The maximum Gasteiger partial charge on any atom is 0.262 e. The highest BCUT2D eigenvalue weighted by Gasteiger charge is 2.06. The smallest absolute Gasteiger partial charge is 0.262 e. The first-order valence-electron chi connectivity index (χ1n) is 6.62. The van der Waals surface area contributed by atoms with Crippen molar-refractivity contribution in [3.63, 3.8) is 0 Å². The lowest BCUT2D eigenvalue weighted by atomic mass is 10.1. The summed E-state index contributed by atoms with van der Waals surface area (Å²) in [7, 11) is 0. The highest BCUT2D eigenvalue weighted by Crippen LogP contribution is 2.18. The minimum atomic E-state index is -0.153. The molecule has 0 radical (unpaired) electrons. The Hall–Kier alpha value is -2.29. The first-order chi connectivity index (χ1) is 9.56. The molecule has 0 aliphatic heterocycles. The second-order valence-electron chi connectivity index (χ2n) is 4.90.